The predicted octanol–water partition coefficient (Wildman–Crippen LogP) is 3.87. The van der Waals surface area contributed by atoms with Gasteiger partial charge in [0, 0.05) is 44.0 Å². The Bertz CT molecular complexity index is 1120. The van der Waals surface area contributed by atoms with Crippen LogP contribution >= 0.6 is 0 Å². The van der Waals surface area contributed by atoms with Gasteiger partial charge < -0.3 is 19.9 Å². The molecule has 184 valence electrons. The average Bonchev–Trinajstić information content (AvgIpc) is 3.63. The van der Waals surface area contributed by atoms with Gasteiger partial charge in [0.25, 0.3) is 0 Å². The SMILES string of the molecule is Cc1ccccc1N1Cc2ccc(NC3CCN(C(=O)C4CC4)C3)nc2C(C2CCOCC2)C1=O. The van der Waals surface area contributed by atoms with Gasteiger partial charge in [0.15, 0.2) is 0 Å². The number of carbonyl (C=O) groups excluding carboxylic acids is 2. The number of amides is 2. The second-order valence-corrected chi connectivity index (χ2v) is 10.6. The van der Waals surface area contributed by atoms with Crippen molar-refractivity contribution in [2.24, 2.45) is 11.8 Å². The van der Waals surface area contributed by atoms with Gasteiger partial charge in [-0.25, -0.2) is 4.98 Å². The van der Waals surface area contributed by atoms with Crippen LogP contribution in [0.3, 0.4) is 0 Å². The summed E-state index contributed by atoms with van der Waals surface area (Å²) < 4.78 is 5.62. The summed E-state index contributed by atoms with van der Waals surface area (Å²) in [5, 5.41) is 3.57. The van der Waals surface area contributed by atoms with Gasteiger partial charge >= 0.3 is 0 Å². The number of nitrogens with one attached hydrogen (secondary N) is 1. The number of fused-ring (bicyclic) bond motifs is 1. The molecule has 2 unspecified atom stereocenters. The van der Waals surface area contributed by atoms with Gasteiger partial charge in [-0.2, -0.15) is 0 Å². The van der Waals surface area contributed by atoms with Crippen LogP contribution in [0.4, 0.5) is 11.5 Å². The van der Waals surface area contributed by atoms with Crippen LogP contribution in [0.25, 0.3) is 0 Å². The number of likely N-dealkylation sites (tertiary alicyclic amines) is 1. The van der Waals surface area contributed by atoms with E-state index in [0.29, 0.717) is 25.7 Å². The highest BCUT2D eigenvalue weighted by molar-refractivity contribution is 6.00. The van der Waals surface area contributed by atoms with Crippen molar-refractivity contribution in [2.45, 2.75) is 57.5 Å². The number of hydrogen-bond acceptors (Lipinski definition) is 5. The van der Waals surface area contributed by atoms with E-state index in [2.05, 4.69) is 24.4 Å². The minimum atomic E-state index is -0.263. The lowest BCUT2D eigenvalue weighted by Gasteiger charge is -2.39. The van der Waals surface area contributed by atoms with Crippen LogP contribution in [-0.2, 0) is 20.9 Å². The van der Waals surface area contributed by atoms with Crippen molar-refractivity contribution in [1.82, 2.24) is 9.88 Å². The fourth-order valence-electron chi connectivity index (χ4n) is 5.94. The number of rotatable bonds is 5. The largest absolute Gasteiger partial charge is 0.381 e. The summed E-state index contributed by atoms with van der Waals surface area (Å²) in [5.74, 6) is 1.49. The Morgan fingerprint density at radius 3 is 2.63 bits per heavy atom. The van der Waals surface area contributed by atoms with E-state index >= 15 is 0 Å². The molecule has 35 heavy (non-hydrogen) atoms. The molecule has 4 heterocycles. The van der Waals surface area contributed by atoms with Crippen molar-refractivity contribution in [3.63, 3.8) is 0 Å². The summed E-state index contributed by atoms with van der Waals surface area (Å²) in [6.07, 6.45) is 4.76. The van der Waals surface area contributed by atoms with E-state index in [4.69, 9.17) is 9.72 Å². The number of benzene rings is 1. The van der Waals surface area contributed by atoms with E-state index in [1.807, 2.05) is 34.1 Å². The lowest BCUT2D eigenvalue weighted by Crippen LogP contribution is -2.44. The summed E-state index contributed by atoms with van der Waals surface area (Å²) in [5.41, 5.74) is 4.12. The maximum Gasteiger partial charge on any atom is 0.236 e. The molecule has 1 aromatic heterocycles. The van der Waals surface area contributed by atoms with Crippen molar-refractivity contribution in [2.75, 3.05) is 36.5 Å². The number of ether oxygens (including phenoxy) is 1. The Morgan fingerprint density at radius 1 is 1.06 bits per heavy atom. The smallest absolute Gasteiger partial charge is 0.236 e. The average molecular weight is 475 g/mol. The molecule has 0 radical (unpaired) electrons. The molecule has 7 nitrogen and oxygen atoms in total. The van der Waals surface area contributed by atoms with E-state index < -0.39 is 0 Å². The fraction of sp³-hybridized carbons (Fsp3) is 0.536. The lowest BCUT2D eigenvalue weighted by molar-refractivity contribution is -0.131. The molecular formula is C28H34N4O3. The summed E-state index contributed by atoms with van der Waals surface area (Å²) in [7, 11) is 0. The van der Waals surface area contributed by atoms with E-state index in [9.17, 15) is 9.59 Å². The molecule has 7 heteroatoms. The number of aromatic nitrogens is 1. The minimum absolute atomic E-state index is 0.144. The molecular weight excluding hydrogens is 440 g/mol. The highest BCUT2D eigenvalue weighted by atomic mass is 16.5. The van der Waals surface area contributed by atoms with Crippen molar-refractivity contribution in [3.05, 3.63) is 53.2 Å². The molecule has 1 N–H and O–H groups in total. The van der Waals surface area contributed by atoms with E-state index in [1.54, 1.807) is 0 Å². The number of aryl methyl sites for hydroxylation is 1. The van der Waals surface area contributed by atoms with Crippen molar-refractivity contribution < 1.29 is 14.3 Å². The van der Waals surface area contributed by atoms with Crippen LogP contribution < -0.4 is 10.2 Å². The van der Waals surface area contributed by atoms with Crippen LogP contribution in [0.5, 0.6) is 0 Å². The van der Waals surface area contributed by atoms with Crippen LogP contribution in [0.15, 0.2) is 36.4 Å². The van der Waals surface area contributed by atoms with Gasteiger partial charge in [0.2, 0.25) is 11.8 Å². The predicted molar refractivity (Wildman–Crippen MR) is 134 cm³/mol. The third kappa shape index (κ3) is 4.42. The Labute approximate surface area is 206 Å². The third-order valence-corrected chi connectivity index (χ3v) is 8.09. The first-order chi connectivity index (χ1) is 17.1. The Balaban J connectivity index is 1.27. The Morgan fingerprint density at radius 2 is 1.86 bits per heavy atom. The minimum Gasteiger partial charge on any atom is -0.381 e. The van der Waals surface area contributed by atoms with Crippen molar-refractivity contribution >= 4 is 23.3 Å². The molecule has 0 spiro atoms. The monoisotopic (exact) mass is 474 g/mol. The first kappa shape index (κ1) is 22.5. The van der Waals surface area contributed by atoms with Gasteiger partial charge in [-0.05, 0) is 68.2 Å². The number of para-hydroxylation sites is 1. The summed E-state index contributed by atoms with van der Waals surface area (Å²) >= 11 is 0. The molecule has 4 aliphatic rings. The maximum atomic E-state index is 14.0. The fourth-order valence-corrected chi connectivity index (χ4v) is 5.94. The molecule has 1 saturated carbocycles. The number of nitrogens with zero attached hydrogens (tertiary/aromatic N) is 3. The van der Waals surface area contributed by atoms with Gasteiger partial charge in [0.05, 0.1) is 18.2 Å². The first-order valence-electron chi connectivity index (χ1n) is 13.1. The van der Waals surface area contributed by atoms with Crippen LogP contribution in [0.2, 0.25) is 0 Å². The second-order valence-electron chi connectivity index (χ2n) is 10.6. The summed E-state index contributed by atoms with van der Waals surface area (Å²) in [6, 6.07) is 12.5. The topological polar surface area (TPSA) is 74.8 Å². The Hall–Kier alpha value is -2.93. The van der Waals surface area contributed by atoms with Gasteiger partial charge in [-0.1, -0.05) is 24.3 Å². The zero-order valence-electron chi connectivity index (χ0n) is 20.4. The molecule has 0 bridgehead atoms. The zero-order chi connectivity index (χ0) is 23.9. The lowest BCUT2D eigenvalue weighted by atomic mass is 9.79. The standard InChI is InChI=1S/C28H34N4O3/c1-18-4-2-3-5-23(18)32-16-21-8-9-24(29-22-10-13-31(17-22)27(33)20-6-7-20)30-26(21)25(28(32)34)19-11-14-35-15-12-19/h2-5,8-9,19-20,22,25H,6-7,10-17H2,1H3,(H,29,30). The maximum absolute atomic E-state index is 14.0. The molecule has 2 atom stereocenters. The number of pyridine rings is 1. The zero-order valence-corrected chi connectivity index (χ0v) is 20.4. The van der Waals surface area contributed by atoms with Crippen molar-refractivity contribution in [3.8, 4) is 0 Å². The molecule has 1 aromatic carbocycles. The highest BCUT2D eigenvalue weighted by Gasteiger charge is 2.41. The summed E-state index contributed by atoms with van der Waals surface area (Å²) in [4.78, 5) is 35.4. The summed E-state index contributed by atoms with van der Waals surface area (Å²) in [6.45, 7) is 5.53. The van der Waals surface area contributed by atoms with E-state index in [1.165, 1.54) is 0 Å². The number of hydrogen-bond donors (Lipinski definition) is 1. The molecule has 3 aliphatic heterocycles. The van der Waals surface area contributed by atoms with Crippen LogP contribution in [-0.4, -0.2) is 54.0 Å². The van der Waals surface area contributed by atoms with Crippen molar-refractivity contribution in [1.29, 1.82) is 0 Å². The van der Waals surface area contributed by atoms with E-state index in [0.717, 1.165) is 73.5 Å². The number of carbonyl (C=O) groups is 2. The Kier molecular flexibility index (Phi) is 5.96. The normalized spacial score (nSPS) is 25.0. The highest BCUT2D eigenvalue weighted by Crippen LogP contribution is 2.41. The number of anilines is 2. The first-order valence-corrected chi connectivity index (χ1v) is 13.1. The van der Waals surface area contributed by atoms with Gasteiger partial charge in [-0.15, -0.1) is 0 Å². The molecule has 2 saturated heterocycles. The molecule has 2 amide bonds. The quantitative estimate of drug-likeness (QED) is 0.712. The molecule has 3 fully saturated rings. The third-order valence-electron chi connectivity index (χ3n) is 8.09. The molecule has 2 aromatic rings. The van der Waals surface area contributed by atoms with Gasteiger partial charge in [-0.3, -0.25) is 9.59 Å². The van der Waals surface area contributed by atoms with Gasteiger partial charge in [0.1, 0.15) is 5.82 Å². The van der Waals surface area contributed by atoms with E-state index in [-0.39, 0.29) is 29.7 Å². The van der Waals surface area contributed by atoms with Crippen LogP contribution in [0, 0.1) is 18.8 Å². The molecule has 6 rings (SSSR count). The molecule has 1 aliphatic carbocycles. The van der Waals surface area contributed by atoms with Crippen LogP contribution in [0.1, 0.15) is 54.8 Å². The second kappa shape index (κ2) is 9.26.